The number of thioether (sulfide) groups is 1. The molecule has 0 aliphatic carbocycles. The molecule has 0 aliphatic heterocycles. The fraction of sp³-hybridized carbons (Fsp3) is 0.545. The lowest BCUT2D eigenvalue weighted by Gasteiger charge is -2.15. The van der Waals surface area contributed by atoms with Crippen LogP contribution in [0.15, 0.2) is 29.4 Å². The van der Waals surface area contributed by atoms with Gasteiger partial charge in [0.15, 0.2) is 0 Å². The monoisotopic (exact) mass is 226 g/mol. The Balaban J connectivity index is 2.33. The van der Waals surface area contributed by atoms with Crippen LogP contribution < -0.4 is 5.32 Å². The first-order valence-electron chi connectivity index (χ1n) is 5.13. The minimum atomic E-state index is 0.395. The normalized spacial score (nSPS) is 12.7. The zero-order valence-electron chi connectivity index (χ0n) is 9.27. The first-order valence-corrected chi connectivity index (χ1v) is 6.11. The van der Waals surface area contributed by atoms with Crippen LogP contribution in [0.4, 0.5) is 0 Å². The molecular weight excluding hydrogens is 208 g/mol. The highest BCUT2D eigenvalue weighted by Crippen LogP contribution is 2.14. The first-order chi connectivity index (χ1) is 7.36. The topological polar surface area (TPSA) is 34.1 Å². The van der Waals surface area contributed by atoms with Crippen molar-refractivity contribution >= 4 is 11.8 Å². The second-order valence-corrected chi connectivity index (χ2v) is 4.23. The third-order valence-corrected chi connectivity index (χ3v) is 3.04. The van der Waals surface area contributed by atoms with Gasteiger partial charge in [0.1, 0.15) is 0 Å². The SMILES string of the molecule is CCNC(COC)CSc1ccccn1. The standard InChI is InChI=1S/C11H18N2OS/c1-3-12-10(8-14-2)9-15-11-6-4-5-7-13-11/h4-7,10,12H,3,8-9H2,1-2H3. The van der Waals surface area contributed by atoms with E-state index in [1.807, 2.05) is 24.4 Å². The predicted octanol–water partition coefficient (Wildman–Crippen LogP) is 1.80. The molecule has 1 atom stereocenters. The molecule has 4 heteroatoms. The van der Waals surface area contributed by atoms with Gasteiger partial charge in [-0.15, -0.1) is 11.8 Å². The van der Waals surface area contributed by atoms with Crippen LogP contribution in [0.25, 0.3) is 0 Å². The van der Waals surface area contributed by atoms with Gasteiger partial charge in [-0.3, -0.25) is 0 Å². The molecule has 1 aromatic heterocycles. The molecule has 1 aromatic rings. The van der Waals surface area contributed by atoms with Crippen LogP contribution in [0, 0.1) is 0 Å². The number of rotatable bonds is 7. The average Bonchev–Trinajstić information content (AvgIpc) is 2.28. The first kappa shape index (κ1) is 12.5. The highest BCUT2D eigenvalue weighted by Gasteiger charge is 2.07. The molecule has 1 rings (SSSR count). The van der Waals surface area contributed by atoms with E-state index in [1.54, 1.807) is 18.9 Å². The van der Waals surface area contributed by atoms with Crippen molar-refractivity contribution in [2.45, 2.75) is 18.0 Å². The number of aromatic nitrogens is 1. The van der Waals surface area contributed by atoms with Crippen LogP contribution in [-0.2, 0) is 4.74 Å². The van der Waals surface area contributed by atoms with Gasteiger partial charge < -0.3 is 10.1 Å². The van der Waals surface area contributed by atoms with Crippen molar-refractivity contribution in [2.75, 3.05) is 26.0 Å². The van der Waals surface area contributed by atoms with E-state index in [4.69, 9.17) is 4.74 Å². The summed E-state index contributed by atoms with van der Waals surface area (Å²) in [6, 6.07) is 6.36. The second kappa shape index (κ2) is 7.68. The average molecular weight is 226 g/mol. The summed E-state index contributed by atoms with van der Waals surface area (Å²) in [7, 11) is 1.73. The maximum atomic E-state index is 5.15. The van der Waals surface area contributed by atoms with Crippen LogP contribution in [0.3, 0.4) is 0 Å². The maximum Gasteiger partial charge on any atom is 0.0960 e. The molecule has 0 saturated heterocycles. The van der Waals surface area contributed by atoms with Crippen molar-refractivity contribution in [3.8, 4) is 0 Å². The number of nitrogens with one attached hydrogen (secondary N) is 1. The quantitative estimate of drug-likeness (QED) is 0.719. The zero-order chi connectivity index (χ0) is 10.9. The molecule has 84 valence electrons. The Morgan fingerprint density at radius 3 is 3.00 bits per heavy atom. The number of nitrogens with zero attached hydrogens (tertiary/aromatic N) is 1. The van der Waals surface area contributed by atoms with Gasteiger partial charge in [-0.1, -0.05) is 13.0 Å². The molecule has 1 heterocycles. The van der Waals surface area contributed by atoms with E-state index in [0.717, 1.165) is 23.9 Å². The molecule has 0 amide bonds. The van der Waals surface area contributed by atoms with Crippen molar-refractivity contribution < 1.29 is 4.74 Å². The van der Waals surface area contributed by atoms with Crippen molar-refractivity contribution in [2.24, 2.45) is 0 Å². The Hall–Kier alpha value is -0.580. The van der Waals surface area contributed by atoms with Gasteiger partial charge >= 0.3 is 0 Å². The van der Waals surface area contributed by atoms with E-state index in [2.05, 4.69) is 17.2 Å². The van der Waals surface area contributed by atoms with Gasteiger partial charge in [0.25, 0.3) is 0 Å². The summed E-state index contributed by atoms with van der Waals surface area (Å²) in [6.45, 7) is 3.82. The highest BCUT2D eigenvalue weighted by molar-refractivity contribution is 7.99. The molecule has 0 spiro atoms. The van der Waals surface area contributed by atoms with E-state index in [0.29, 0.717) is 6.04 Å². The van der Waals surface area contributed by atoms with E-state index in [1.165, 1.54) is 0 Å². The lowest BCUT2D eigenvalue weighted by atomic mass is 10.3. The van der Waals surface area contributed by atoms with Gasteiger partial charge in [0.2, 0.25) is 0 Å². The summed E-state index contributed by atoms with van der Waals surface area (Å²) in [6.07, 6.45) is 1.82. The molecule has 3 nitrogen and oxygen atoms in total. The number of hydrogen-bond acceptors (Lipinski definition) is 4. The largest absolute Gasteiger partial charge is 0.383 e. The van der Waals surface area contributed by atoms with Crippen molar-refractivity contribution in [1.82, 2.24) is 10.3 Å². The van der Waals surface area contributed by atoms with Crippen molar-refractivity contribution in [3.63, 3.8) is 0 Å². The Kier molecular flexibility index (Phi) is 6.39. The molecule has 0 saturated carbocycles. The second-order valence-electron chi connectivity index (χ2n) is 3.19. The molecule has 0 aromatic carbocycles. The van der Waals surface area contributed by atoms with Gasteiger partial charge in [0.05, 0.1) is 11.6 Å². The van der Waals surface area contributed by atoms with Crippen LogP contribution in [0.2, 0.25) is 0 Å². The molecule has 15 heavy (non-hydrogen) atoms. The summed E-state index contributed by atoms with van der Waals surface area (Å²) >= 11 is 1.75. The Bertz CT molecular complexity index is 250. The Labute approximate surface area is 95.6 Å². The van der Waals surface area contributed by atoms with Gasteiger partial charge in [-0.05, 0) is 18.7 Å². The lowest BCUT2D eigenvalue weighted by molar-refractivity contribution is 0.174. The molecule has 0 aliphatic rings. The van der Waals surface area contributed by atoms with Gasteiger partial charge in [-0.25, -0.2) is 4.98 Å². The fourth-order valence-electron chi connectivity index (χ4n) is 1.27. The molecule has 1 unspecified atom stereocenters. The molecule has 0 bridgehead atoms. The third-order valence-electron chi connectivity index (χ3n) is 1.93. The lowest BCUT2D eigenvalue weighted by Crippen LogP contribution is -2.35. The molecule has 0 radical (unpaired) electrons. The number of hydrogen-bond donors (Lipinski definition) is 1. The van der Waals surface area contributed by atoms with Crippen LogP contribution >= 0.6 is 11.8 Å². The summed E-state index contributed by atoms with van der Waals surface area (Å²) in [5.41, 5.74) is 0. The van der Waals surface area contributed by atoms with E-state index in [-0.39, 0.29) is 0 Å². The summed E-state index contributed by atoms with van der Waals surface area (Å²) in [5.74, 6) is 0.985. The van der Waals surface area contributed by atoms with E-state index in [9.17, 15) is 0 Å². The number of ether oxygens (including phenoxy) is 1. The minimum Gasteiger partial charge on any atom is -0.383 e. The summed E-state index contributed by atoms with van der Waals surface area (Å²) < 4.78 is 5.15. The smallest absolute Gasteiger partial charge is 0.0960 e. The van der Waals surface area contributed by atoms with Crippen molar-refractivity contribution in [1.29, 1.82) is 0 Å². The van der Waals surface area contributed by atoms with Crippen LogP contribution in [0.5, 0.6) is 0 Å². The molecular formula is C11H18N2OS. The van der Waals surface area contributed by atoms with Crippen LogP contribution in [-0.4, -0.2) is 37.0 Å². The van der Waals surface area contributed by atoms with Gasteiger partial charge in [0, 0.05) is 25.1 Å². The summed E-state index contributed by atoms with van der Waals surface area (Å²) in [5, 5.41) is 4.45. The zero-order valence-corrected chi connectivity index (χ0v) is 10.1. The third kappa shape index (κ3) is 5.16. The maximum absolute atomic E-state index is 5.15. The van der Waals surface area contributed by atoms with Crippen LogP contribution in [0.1, 0.15) is 6.92 Å². The van der Waals surface area contributed by atoms with Gasteiger partial charge in [-0.2, -0.15) is 0 Å². The highest BCUT2D eigenvalue weighted by atomic mass is 32.2. The summed E-state index contributed by atoms with van der Waals surface area (Å²) in [4.78, 5) is 4.27. The fourth-order valence-corrected chi connectivity index (χ4v) is 2.17. The Morgan fingerprint density at radius 2 is 2.40 bits per heavy atom. The molecule has 0 fully saturated rings. The minimum absolute atomic E-state index is 0.395. The predicted molar refractivity (Wildman–Crippen MR) is 64.3 cm³/mol. The number of likely N-dealkylation sites (N-methyl/N-ethyl adjacent to an activating group) is 1. The Morgan fingerprint density at radius 1 is 1.53 bits per heavy atom. The number of methoxy groups -OCH3 is 1. The van der Waals surface area contributed by atoms with Crippen molar-refractivity contribution in [3.05, 3.63) is 24.4 Å². The number of pyridine rings is 1. The van der Waals surface area contributed by atoms with E-state index < -0.39 is 0 Å². The van der Waals surface area contributed by atoms with E-state index >= 15 is 0 Å². The molecule has 1 N–H and O–H groups in total.